The number of carbonyl (C=O) groups excluding carboxylic acids is 3. The number of nitrogens with zero attached hydrogens (tertiary/aromatic N) is 1. The third-order valence-corrected chi connectivity index (χ3v) is 5.98. The number of hydrogen-bond acceptors (Lipinski definition) is 6. The van der Waals surface area contributed by atoms with E-state index in [-0.39, 0.29) is 23.8 Å². The molecule has 9 heteroatoms. The molecular weight excluding hydrogens is 422 g/mol. The zero-order chi connectivity index (χ0) is 21.3. The van der Waals surface area contributed by atoms with Gasteiger partial charge in [0.25, 0.3) is 11.8 Å². The van der Waals surface area contributed by atoms with Gasteiger partial charge in [0.05, 0.1) is 4.91 Å². The van der Waals surface area contributed by atoms with Crippen LogP contribution in [-0.2, 0) is 9.59 Å². The van der Waals surface area contributed by atoms with Crippen molar-refractivity contribution in [1.82, 2.24) is 15.5 Å². The van der Waals surface area contributed by atoms with E-state index in [2.05, 4.69) is 10.6 Å². The number of hydrogen-bond donors (Lipinski definition) is 2. The van der Waals surface area contributed by atoms with Crippen LogP contribution in [-0.4, -0.2) is 46.1 Å². The number of furan rings is 1. The van der Waals surface area contributed by atoms with E-state index in [0.717, 1.165) is 12.0 Å². The van der Waals surface area contributed by atoms with Crippen molar-refractivity contribution in [3.05, 3.63) is 52.6 Å². The largest absolute Gasteiger partial charge is 0.457 e. The van der Waals surface area contributed by atoms with Gasteiger partial charge >= 0.3 is 0 Å². The lowest BCUT2D eigenvalue weighted by Gasteiger charge is -2.17. The van der Waals surface area contributed by atoms with Crippen molar-refractivity contribution in [2.75, 3.05) is 13.1 Å². The molecule has 1 aromatic heterocycles. The predicted molar refractivity (Wildman–Crippen MR) is 119 cm³/mol. The summed E-state index contributed by atoms with van der Waals surface area (Å²) in [6.07, 6.45) is 2.39. The number of rotatable bonds is 4. The SMILES string of the molecule is CC(=O)NC1CCN(C(=O)c2cccc(-c3ccc(/C=C4\SC(=S)NC4=O)o3)c2)C1. The Morgan fingerprint density at radius 3 is 2.90 bits per heavy atom. The molecule has 3 amide bonds. The molecule has 0 aliphatic carbocycles. The first kappa shape index (κ1) is 20.4. The zero-order valence-corrected chi connectivity index (χ0v) is 17.8. The molecule has 4 rings (SSSR count). The molecule has 1 aromatic carbocycles. The Morgan fingerprint density at radius 1 is 1.33 bits per heavy atom. The minimum atomic E-state index is -0.237. The van der Waals surface area contributed by atoms with Crippen LogP contribution in [0.15, 0.2) is 45.7 Å². The van der Waals surface area contributed by atoms with E-state index in [9.17, 15) is 14.4 Å². The number of likely N-dealkylation sites (tertiary alicyclic amines) is 1. The van der Waals surface area contributed by atoms with Gasteiger partial charge in [-0.3, -0.25) is 14.4 Å². The van der Waals surface area contributed by atoms with Crippen LogP contribution in [0.1, 0.15) is 29.5 Å². The Kier molecular flexibility index (Phi) is 5.74. The third kappa shape index (κ3) is 4.47. The van der Waals surface area contributed by atoms with E-state index in [1.807, 2.05) is 12.1 Å². The maximum atomic E-state index is 12.9. The fourth-order valence-electron chi connectivity index (χ4n) is 3.47. The van der Waals surface area contributed by atoms with Crippen LogP contribution in [0.5, 0.6) is 0 Å². The summed E-state index contributed by atoms with van der Waals surface area (Å²) >= 11 is 6.18. The van der Waals surface area contributed by atoms with Crippen LogP contribution in [0.4, 0.5) is 0 Å². The van der Waals surface area contributed by atoms with Gasteiger partial charge < -0.3 is 20.0 Å². The van der Waals surface area contributed by atoms with Gasteiger partial charge in [0.15, 0.2) is 0 Å². The van der Waals surface area contributed by atoms with Gasteiger partial charge in [-0.1, -0.05) is 36.1 Å². The molecule has 30 heavy (non-hydrogen) atoms. The molecule has 2 aliphatic heterocycles. The van der Waals surface area contributed by atoms with Gasteiger partial charge in [-0.15, -0.1) is 0 Å². The average Bonchev–Trinajstić information content (AvgIpc) is 3.42. The quantitative estimate of drug-likeness (QED) is 0.560. The molecular formula is C21H19N3O4S2. The molecule has 0 saturated carbocycles. The fraction of sp³-hybridized carbons (Fsp3) is 0.238. The molecule has 0 spiro atoms. The Morgan fingerprint density at radius 2 is 2.17 bits per heavy atom. The van der Waals surface area contributed by atoms with E-state index < -0.39 is 0 Å². The van der Waals surface area contributed by atoms with Crippen LogP contribution in [0.2, 0.25) is 0 Å². The van der Waals surface area contributed by atoms with E-state index in [1.165, 1.54) is 18.7 Å². The van der Waals surface area contributed by atoms with E-state index in [1.54, 1.807) is 35.2 Å². The Labute approximate surface area is 182 Å². The molecule has 2 saturated heterocycles. The fourth-order valence-corrected chi connectivity index (χ4v) is 4.50. The molecule has 2 aromatic rings. The molecule has 3 heterocycles. The van der Waals surface area contributed by atoms with E-state index in [0.29, 0.717) is 39.4 Å². The Balaban J connectivity index is 1.49. The highest BCUT2D eigenvalue weighted by molar-refractivity contribution is 8.26. The monoisotopic (exact) mass is 441 g/mol. The number of nitrogens with one attached hydrogen (secondary N) is 2. The number of thiocarbonyl (C=S) groups is 1. The second-order valence-electron chi connectivity index (χ2n) is 7.07. The normalized spacial score (nSPS) is 20.0. The molecule has 154 valence electrons. The van der Waals surface area contributed by atoms with Crippen molar-refractivity contribution >= 4 is 52.1 Å². The topological polar surface area (TPSA) is 91.7 Å². The van der Waals surface area contributed by atoms with Crippen LogP contribution >= 0.6 is 24.0 Å². The Bertz CT molecular complexity index is 1080. The third-order valence-electron chi connectivity index (χ3n) is 4.82. The van der Waals surface area contributed by atoms with Gasteiger partial charge in [-0.05, 0) is 30.7 Å². The summed E-state index contributed by atoms with van der Waals surface area (Å²) in [4.78, 5) is 38.1. The maximum Gasteiger partial charge on any atom is 0.263 e. The average molecular weight is 442 g/mol. The van der Waals surface area contributed by atoms with E-state index in [4.69, 9.17) is 16.6 Å². The number of benzene rings is 1. The highest BCUT2D eigenvalue weighted by Crippen LogP contribution is 2.29. The highest BCUT2D eigenvalue weighted by atomic mass is 32.2. The van der Waals surface area contributed by atoms with Gasteiger partial charge in [0.2, 0.25) is 5.91 Å². The molecule has 1 atom stereocenters. The van der Waals surface area contributed by atoms with Crippen LogP contribution in [0.3, 0.4) is 0 Å². The molecule has 1 unspecified atom stereocenters. The van der Waals surface area contributed by atoms with Gasteiger partial charge in [-0.25, -0.2) is 0 Å². The van der Waals surface area contributed by atoms with Gasteiger partial charge in [0.1, 0.15) is 15.8 Å². The number of amides is 3. The summed E-state index contributed by atoms with van der Waals surface area (Å²) in [5, 5.41) is 5.43. The molecule has 2 N–H and O–H groups in total. The zero-order valence-electron chi connectivity index (χ0n) is 16.1. The van der Waals surface area contributed by atoms with Crippen molar-refractivity contribution < 1.29 is 18.8 Å². The van der Waals surface area contributed by atoms with Crippen LogP contribution in [0.25, 0.3) is 17.4 Å². The maximum absolute atomic E-state index is 12.9. The van der Waals surface area contributed by atoms with Crippen LogP contribution < -0.4 is 10.6 Å². The summed E-state index contributed by atoms with van der Waals surface area (Å²) in [5.41, 5.74) is 1.32. The summed E-state index contributed by atoms with van der Waals surface area (Å²) in [6, 6.07) is 10.8. The second kappa shape index (κ2) is 8.45. The van der Waals surface area contributed by atoms with Crippen molar-refractivity contribution in [2.45, 2.75) is 19.4 Å². The lowest BCUT2D eigenvalue weighted by atomic mass is 10.1. The van der Waals surface area contributed by atoms with Crippen molar-refractivity contribution in [3.8, 4) is 11.3 Å². The Hall–Kier alpha value is -2.91. The number of carbonyl (C=O) groups is 3. The lowest BCUT2D eigenvalue weighted by molar-refractivity contribution is -0.119. The molecule has 0 radical (unpaired) electrons. The van der Waals surface area contributed by atoms with Gasteiger partial charge in [-0.2, -0.15) is 0 Å². The molecule has 0 bridgehead atoms. The smallest absolute Gasteiger partial charge is 0.263 e. The van der Waals surface area contributed by atoms with Crippen molar-refractivity contribution in [1.29, 1.82) is 0 Å². The minimum absolute atomic E-state index is 0.00570. The first-order valence-corrected chi connectivity index (χ1v) is 10.6. The van der Waals surface area contributed by atoms with Gasteiger partial charge in [0, 0.05) is 43.3 Å². The predicted octanol–water partition coefficient (Wildman–Crippen LogP) is 2.79. The second-order valence-corrected chi connectivity index (χ2v) is 8.79. The first-order valence-electron chi connectivity index (χ1n) is 9.40. The number of thioether (sulfide) groups is 1. The first-order chi connectivity index (χ1) is 14.4. The molecule has 7 nitrogen and oxygen atoms in total. The standard InChI is InChI=1S/C21H19N3O4S2/c1-12(25)22-15-7-8-24(11-15)20(27)14-4-2-3-13(9-14)17-6-5-16(28-17)10-18-19(26)23-21(29)30-18/h2-6,9-10,15H,7-8,11H2,1H3,(H,22,25)(H,23,26,29)/b18-10-. The summed E-state index contributed by atoms with van der Waals surface area (Å²) in [7, 11) is 0. The summed E-state index contributed by atoms with van der Waals surface area (Å²) < 4.78 is 6.27. The summed E-state index contributed by atoms with van der Waals surface area (Å²) in [5.74, 6) is 0.724. The molecule has 2 fully saturated rings. The highest BCUT2D eigenvalue weighted by Gasteiger charge is 2.27. The van der Waals surface area contributed by atoms with E-state index >= 15 is 0 Å². The molecule has 2 aliphatic rings. The summed E-state index contributed by atoms with van der Waals surface area (Å²) in [6.45, 7) is 2.59. The van der Waals surface area contributed by atoms with Crippen molar-refractivity contribution in [2.24, 2.45) is 0 Å². The lowest BCUT2D eigenvalue weighted by Crippen LogP contribution is -2.37. The minimum Gasteiger partial charge on any atom is -0.457 e. The van der Waals surface area contributed by atoms with Crippen molar-refractivity contribution in [3.63, 3.8) is 0 Å². The van der Waals surface area contributed by atoms with Crippen LogP contribution in [0, 0.1) is 0 Å².